The van der Waals surface area contributed by atoms with Crippen molar-refractivity contribution in [2.45, 2.75) is 52.9 Å². The van der Waals surface area contributed by atoms with E-state index < -0.39 is 0 Å². The molecule has 0 heterocycles. The first-order chi connectivity index (χ1) is 7.84. The Morgan fingerprint density at radius 2 is 1.94 bits per heavy atom. The lowest BCUT2D eigenvalue weighted by molar-refractivity contribution is -0.131. The zero-order valence-corrected chi connectivity index (χ0v) is 12.0. The van der Waals surface area contributed by atoms with E-state index in [0.29, 0.717) is 11.5 Å². The molecule has 0 aromatic heterocycles. The van der Waals surface area contributed by atoms with Crippen molar-refractivity contribution in [3.63, 3.8) is 0 Å². The molecule has 0 aromatic carbocycles. The second-order valence-electron chi connectivity index (χ2n) is 5.77. The molecule has 0 unspecified atom stereocenters. The van der Waals surface area contributed by atoms with E-state index in [0.717, 1.165) is 19.3 Å². The second-order valence-corrected chi connectivity index (χ2v) is 6.21. The molecule has 1 saturated carbocycles. The number of hydrogen-bond donors (Lipinski definition) is 2. The predicted octanol–water partition coefficient (Wildman–Crippen LogP) is 2.39. The van der Waals surface area contributed by atoms with Gasteiger partial charge in [-0.2, -0.15) is 0 Å². The molecule has 3 N–H and O–H groups in total. The van der Waals surface area contributed by atoms with Gasteiger partial charge < -0.3 is 11.1 Å². The molecule has 0 aromatic rings. The fourth-order valence-electron chi connectivity index (χ4n) is 2.37. The van der Waals surface area contributed by atoms with Gasteiger partial charge in [0.2, 0.25) is 5.91 Å². The van der Waals surface area contributed by atoms with Gasteiger partial charge in [-0.25, -0.2) is 0 Å². The Kier molecular flexibility index (Phi) is 4.53. The standard InChI is InChI=1S/C13H24N2OS/c1-4-13(7-5-6-8-13)11(16)15-9-12(2,3)10(14)17/h4-9H2,1-3H3,(H2,14,17)(H,15,16). The van der Waals surface area contributed by atoms with Gasteiger partial charge in [0.15, 0.2) is 0 Å². The fourth-order valence-corrected chi connectivity index (χ4v) is 2.44. The summed E-state index contributed by atoms with van der Waals surface area (Å²) < 4.78 is 0. The van der Waals surface area contributed by atoms with Gasteiger partial charge >= 0.3 is 0 Å². The number of thiocarbonyl (C=S) groups is 1. The van der Waals surface area contributed by atoms with Crippen LogP contribution < -0.4 is 11.1 Å². The number of nitrogens with one attached hydrogen (secondary N) is 1. The van der Waals surface area contributed by atoms with Gasteiger partial charge in [-0.05, 0) is 19.3 Å². The summed E-state index contributed by atoms with van der Waals surface area (Å²) in [5, 5.41) is 3.03. The van der Waals surface area contributed by atoms with Gasteiger partial charge in [0.05, 0.1) is 4.99 Å². The van der Waals surface area contributed by atoms with E-state index in [1.54, 1.807) is 0 Å². The molecule has 1 aliphatic carbocycles. The molecule has 98 valence electrons. The second kappa shape index (κ2) is 5.34. The minimum Gasteiger partial charge on any atom is -0.393 e. The van der Waals surface area contributed by atoms with Crippen LogP contribution in [0.5, 0.6) is 0 Å². The van der Waals surface area contributed by atoms with Crippen LogP contribution in [0.3, 0.4) is 0 Å². The molecule has 0 aliphatic heterocycles. The predicted molar refractivity (Wildman–Crippen MR) is 74.8 cm³/mol. The lowest BCUT2D eigenvalue weighted by Gasteiger charge is -2.29. The molecular weight excluding hydrogens is 232 g/mol. The maximum atomic E-state index is 12.3. The number of carbonyl (C=O) groups is 1. The highest BCUT2D eigenvalue weighted by Crippen LogP contribution is 2.41. The highest BCUT2D eigenvalue weighted by Gasteiger charge is 2.39. The first-order valence-electron chi connectivity index (χ1n) is 6.42. The average Bonchev–Trinajstić information content (AvgIpc) is 2.75. The summed E-state index contributed by atoms with van der Waals surface area (Å²) in [4.78, 5) is 12.7. The number of carbonyl (C=O) groups excluding carboxylic acids is 1. The van der Waals surface area contributed by atoms with E-state index in [1.165, 1.54) is 12.8 Å². The lowest BCUT2D eigenvalue weighted by atomic mass is 9.82. The van der Waals surface area contributed by atoms with Crippen LogP contribution in [0.1, 0.15) is 52.9 Å². The van der Waals surface area contributed by atoms with Crippen LogP contribution in [-0.4, -0.2) is 17.4 Å². The van der Waals surface area contributed by atoms with Crippen LogP contribution in [0.15, 0.2) is 0 Å². The van der Waals surface area contributed by atoms with E-state index in [1.807, 2.05) is 13.8 Å². The normalized spacial score (nSPS) is 19.0. The maximum Gasteiger partial charge on any atom is 0.226 e. The van der Waals surface area contributed by atoms with Crippen LogP contribution >= 0.6 is 12.2 Å². The van der Waals surface area contributed by atoms with E-state index in [-0.39, 0.29) is 16.7 Å². The van der Waals surface area contributed by atoms with E-state index in [4.69, 9.17) is 18.0 Å². The molecule has 0 bridgehead atoms. The van der Waals surface area contributed by atoms with Crippen LogP contribution in [0, 0.1) is 10.8 Å². The Hall–Kier alpha value is -0.640. The van der Waals surface area contributed by atoms with Crippen LogP contribution in [0.25, 0.3) is 0 Å². The van der Waals surface area contributed by atoms with Gasteiger partial charge in [0, 0.05) is 17.4 Å². The maximum absolute atomic E-state index is 12.3. The highest BCUT2D eigenvalue weighted by molar-refractivity contribution is 7.80. The van der Waals surface area contributed by atoms with Crippen molar-refractivity contribution in [2.24, 2.45) is 16.6 Å². The first-order valence-corrected chi connectivity index (χ1v) is 6.83. The van der Waals surface area contributed by atoms with E-state index in [2.05, 4.69) is 12.2 Å². The summed E-state index contributed by atoms with van der Waals surface area (Å²) in [5.74, 6) is 0.182. The van der Waals surface area contributed by atoms with Crippen molar-refractivity contribution < 1.29 is 4.79 Å². The van der Waals surface area contributed by atoms with Gasteiger partial charge in [0.25, 0.3) is 0 Å². The molecule has 0 spiro atoms. The largest absolute Gasteiger partial charge is 0.393 e. The summed E-state index contributed by atoms with van der Waals surface area (Å²) >= 11 is 5.00. The molecule has 3 nitrogen and oxygen atoms in total. The molecule has 4 heteroatoms. The smallest absolute Gasteiger partial charge is 0.226 e. The van der Waals surface area contributed by atoms with Gasteiger partial charge in [0.1, 0.15) is 0 Å². The Labute approximate surface area is 110 Å². The summed E-state index contributed by atoms with van der Waals surface area (Å²) in [7, 11) is 0. The lowest BCUT2D eigenvalue weighted by Crippen LogP contribution is -2.46. The zero-order chi connectivity index (χ0) is 13.1. The van der Waals surface area contributed by atoms with Crippen LogP contribution in [0.2, 0.25) is 0 Å². The van der Waals surface area contributed by atoms with E-state index >= 15 is 0 Å². The number of rotatable bonds is 5. The summed E-state index contributed by atoms with van der Waals surface area (Å²) in [6, 6.07) is 0. The van der Waals surface area contributed by atoms with Crippen molar-refractivity contribution in [3.05, 3.63) is 0 Å². The third-order valence-electron chi connectivity index (χ3n) is 4.08. The molecule has 1 rings (SSSR count). The quantitative estimate of drug-likeness (QED) is 0.743. The molecule has 0 saturated heterocycles. The molecule has 1 fully saturated rings. The van der Waals surface area contributed by atoms with Crippen molar-refractivity contribution in [3.8, 4) is 0 Å². The number of nitrogens with two attached hydrogens (primary N) is 1. The van der Waals surface area contributed by atoms with Gasteiger partial charge in [-0.15, -0.1) is 0 Å². The monoisotopic (exact) mass is 256 g/mol. The van der Waals surface area contributed by atoms with Crippen molar-refractivity contribution in [2.75, 3.05) is 6.54 Å². The van der Waals surface area contributed by atoms with Crippen molar-refractivity contribution >= 4 is 23.1 Å². The Morgan fingerprint density at radius 3 is 2.35 bits per heavy atom. The summed E-state index contributed by atoms with van der Waals surface area (Å²) in [6.07, 6.45) is 5.29. The van der Waals surface area contributed by atoms with Crippen LogP contribution in [-0.2, 0) is 4.79 Å². The average molecular weight is 256 g/mol. The minimum atomic E-state index is -0.307. The molecule has 17 heavy (non-hydrogen) atoms. The molecule has 1 aliphatic rings. The van der Waals surface area contributed by atoms with Crippen LogP contribution in [0.4, 0.5) is 0 Å². The molecule has 1 amide bonds. The number of hydrogen-bond acceptors (Lipinski definition) is 2. The summed E-state index contributed by atoms with van der Waals surface area (Å²) in [5.41, 5.74) is 5.22. The minimum absolute atomic E-state index is 0.133. The SMILES string of the molecule is CCC1(C(=O)NCC(C)(C)C(N)=S)CCCC1. The number of amides is 1. The third kappa shape index (κ3) is 3.18. The van der Waals surface area contributed by atoms with Gasteiger partial charge in [-0.3, -0.25) is 4.79 Å². The van der Waals surface area contributed by atoms with Crippen molar-refractivity contribution in [1.29, 1.82) is 0 Å². The molecule has 0 radical (unpaired) electrons. The Morgan fingerprint density at radius 1 is 1.41 bits per heavy atom. The highest BCUT2D eigenvalue weighted by atomic mass is 32.1. The van der Waals surface area contributed by atoms with Gasteiger partial charge in [-0.1, -0.05) is 45.8 Å². The third-order valence-corrected chi connectivity index (χ3v) is 4.63. The Balaban J connectivity index is 2.57. The zero-order valence-electron chi connectivity index (χ0n) is 11.1. The van der Waals surface area contributed by atoms with E-state index in [9.17, 15) is 4.79 Å². The fraction of sp³-hybridized carbons (Fsp3) is 0.846. The molecule has 0 atom stereocenters. The first kappa shape index (κ1) is 14.4. The Bertz CT molecular complexity index is 307. The van der Waals surface area contributed by atoms with Crippen molar-refractivity contribution in [1.82, 2.24) is 5.32 Å². The summed E-state index contributed by atoms with van der Waals surface area (Å²) in [6.45, 7) is 6.55. The molecular formula is C13H24N2OS. The topological polar surface area (TPSA) is 55.1 Å².